The monoisotopic (exact) mass is 400 g/mol. The number of benzene rings is 1. The zero-order chi connectivity index (χ0) is 14.9. The summed E-state index contributed by atoms with van der Waals surface area (Å²) >= 11 is 6.77. The number of fused-ring (bicyclic) bond motifs is 1. The number of nitrogens with one attached hydrogen (secondary N) is 1. The molecule has 0 aliphatic rings. The number of halogens is 2. The van der Waals surface area contributed by atoms with Gasteiger partial charge >= 0.3 is 6.09 Å². The first-order valence-corrected chi connectivity index (χ1v) is 7.58. The minimum absolute atomic E-state index is 0.481. The van der Waals surface area contributed by atoms with E-state index >= 15 is 0 Å². The summed E-state index contributed by atoms with van der Waals surface area (Å²) in [6.07, 6.45) is 1.28. The van der Waals surface area contributed by atoms with Gasteiger partial charge in [-0.3, -0.25) is 5.32 Å². The molecule has 1 heterocycles. The van der Waals surface area contributed by atoms with Crippen LogP contribution < -0.4 is 5.32 Å². The van der Waals surface area contributed by atoms with Crippen molar-refractivity contribution in [2.24, 2.45) is 0 Å². The Balaban J connectivity index is 2.30. The fraction of sp³-hybridized carbons (Fsp3) is 0.286. The number of anilines is 1. The van der Waals surface area contributed by atoms with Gasteiger partial charge in [-0.1, -0.05) is 0 Å². The number of hydrogen-bond acceptors (Lipinski definition) is 3. The molecule has 2 rings (SSSR count). The number of aromatic nitrogens is 1. The van der Waals surface area contributed by atoms with Crippen molar-refractivity contribution in [3.05, 3.63) is 33.5 Å². The highest BCUT2D eigenvalue weighted by atomic mass is 79.9. The van der Waals surface area contributed by atoms with Crippen LogP contribution in [0.25, 0.3) is 10.8 Å². The fourth-order valence-electron chi connectivity index (χ4n) is 1.65. The predicted molar refractivity (Wildman–Crippen MR) is 87.0 cm³/mol. The van der Waals surface area contributed by atoms with Crippen LogP contribution in [0.4, 0.5) is 10.5 Å². The maximum absolute atomic E-state index is 11.8. The molecule has 0 saturated heterocycles. The number of carbonyl (C=O) groups is 1. The summed E-state index contributed by atoms with van der Waals surface area (Å²) in [5.41, 5.74) is 0.130. The van der Waals surface area contributed by atoms with E-state index in [-0.39, 0.29) is 0 Å². The lowest BCUT2D eigenvalue weighted by molar-refractivity contribution is 0.0636. The number of amides is 1. The number of nitrogens with zero attached hydrogens (tertiary/aromatic N) is 1. The molecule has 20 heavy (non-hydrogen) atoms. The Morgan fingerprint density at radius 3 is 2.55 bits per heavy atom. The first-order valence-electron chi connectivity index (χ1n) is 5.99. The second-order valence-electron chi connectivity index (χ2n) is 5.31. The lowest BCUT2D eigenvalue weighted by Gasteiger charge is -2.20. The van der Waals surface area contributed by atoms with Crippen molar-refractivity contribution in [3.8, 4) is 0 Å². The molecule has 0 spiro atoms. The van der Waals surface area contributed by atoms with Crippen molar-refractivity contribution in [1.29, 1.82) is 0 Å². The molecule has 1 aromatic carbocycles. The van der Waals surface area contributed by atoms with Gasteiger partial charge in [0.15, 0.2) is 0 Å². The normalized spacial score (nSPS) is 11.4. The highest BCUT2D eigenvalue weighted by Gasteiger charge is 2.17. The van der Waals surface area contributed by atoms with E-state index in [4.69, 9.17) is 4.74 Å². The van der Waals surface area contributed by atoms with Crippen LogP contribution >= 0.6 is 31.9 Å². The number of ether oxygens (including phenoxy) is 1. The Morgan fingerprint density at radius 2 is 1.90 bits per heavy atom. The van der Waals surface area contributed by atoms with Crippen LogP contribution in [-0.2, 0) is 4.74 Å². The van der Waals surface area contributed by atoms with Gasteiger partial charge in [-0.25, -0.2) is 9.78 Å². The van der Waals surface area contributed by atoms with E-state index in [1.807, 2.05) is 39.0 Å². The third kappa shape index (κ3) is 3.93. The van der Waals surface area contributed by atoms with Crippen molar-refractivity contribution in [2.45, 2.75) is 26.4 Å². The topological polar surface area (TPSA) is 51.2 Å². The highest BCUT2D eigenvalue weighted by Crippen LogP contribution is 2.29. The summed E-state index contributed by atoms with van der Waals surface area (Å²) in [6, 6.07) is 5.67. The summed E-state index contributed by atoms with van der Waals surface area (Å²) in [7, 11) is 0. The minimum Gasteiger partial charge on any atom is -0.444 e. The van der Waals surface area contributed by atoms with E-state index in [0.717, 1.165) is 19.8 Å². The smallest absolute Gasteiger partial charge is 0.412 e. The van der Waals surface area contributed by atoms with Crippen molar-refractivity contribution >= 4 is 54.4 Å². The summed E-state index contributed by atoms with van der Waals surface area (Å²) in [4.78, 5) is 16.0. The van der Waals surface area contributed by atoms with Crippen LogP contribution in [0.1, 0.15) is 20.8 Å². The second-order valence-corrected chi connectivity index (χ2v) is 6.98. The molecule has 1 amide bonds. The molecule has 1 N–H and O–H groups in total. The third-order valence-electron chi connectivity index (χ3n) is 2.41. The van der Waals surface area contributed by atoms with E-state index in [9.17, 15) is 4.79 Å². The number of carbonyl (C=O) groups excluding carboxylic acids is 1. The SMILES string of the molecule is CC(C)(C)OC(=O)Nc1cc2cc(Br)ncc2cc1Br. The van der Waals surface area contributed by atoms with E-state index in [0.29, 0.717) is 5.69 Å². The largest absolute Gasteiger partial charge is 0.444 e. The van der Waals surface area contributed by atoms with Gasteiger partial charge in [0.1, 0.15) is 10.2 Å². The molecule has 1 aromatic heterocycles. The average Bonchev–Trinajstić information content (AvgIpc) is 2.28. The molecule has 106 valence electrons. The second kappa shape index (κ2) is 5.69. The van der Waals surface area contributed by atoms with Gasteiger partial charge in [0.2, 0.25) is 0 Å². The van der Waals surface area contributed by atoms with Crippen LogP contribution in [-0.4, -0.2) is 16.7 Å². The maximum Gasteiger partial charge on any atom is 0.412 e. The fourth-order valence-corrected chi connectivity index (χ4v) is 2.46. The number of hydrogen-bond donors (Lipinski definition) is 1. The van der Waals surface area contributed by atoms with Crippen molar-refractivity contribution in [2.75, 3.05) is 5.32 Å². The van der Waals surface area contributed by atoms with Gasteiger partial charge in [0.05, 0.1) is 5.69 Å². The summed E-state index contributed by atoms with van der Waals surface area (Å²) in [5, 5.41) is 4.69. The molecule has 0 aliphatic carbocycles. The Labute approximate surface area is 134 Å². The molecule has 0 aliphatic heterocycles. The summed E-state index contributed by atoms with van der Waals surface area (Å²) in [5.74, 6) is 0. The maximum atomic E-state index is 11.8. The molecule has 4 nitrogen and oxygen atoms in total. The summed E-state index contributed by atoms with van der Waals surface area (Å²) < 4.78 is 6.76. The van der Waals surface area contributed by atoms with E-state index in [1.165, 1.54) is 0 Å². The van der Waals surface area contributed by atoms with Crippen LogP contribution in [0.5, 0.6) is 0 Å². The molecule has 2 aromatic rings. The van der Waals surface area contributed by atoms with Gasteiger partial charge in [-0.2, -0.15) is 0 Å². The zero-order valence-corrected chi connectivity index (χ0v) is 14.5. The third-order valence-corrected chi connectivity index (χ3v) is 3.50. The standard InChI is InChI=1S/C14H14Br2N2O2/c1-14(2,3)20-13(19)18-11-5-8-6-12(16)17-7-9(8)4-10(11)15/h4-7H,1-3H3,(H,18,19). The van der Waals surface area contributed by atoms with Gasteiger partial charge in [-0.05, 0) is 76.2 Å². The van der Waals surface area contributed by atoms with Gasteiger partial charge in [-0.15, -0.1) is 0 Å². The quantitative estimate of drug-likeness (QED) is 0.675. The van der Waals surface area contributed by atoms with E-state index in [2.05, 4.69) is 42.2 Å². The number of rotatable bonds is 1. The molecule has 0 unspecified atom stereocenters. The average molecular weight is 402 g/mol. The molecular weight excluding hydrogens is 388 g/mol. The van der Waals surface area contributed by atoms with Gasteiger partial charge in [0, 0.05) is 16.1 Å². The van der Waals surface area contributed by atoms with Crippen molar-refractivity contribution in [1.82, 2.24) is 4.98 Å². The van der Waals surface area contributed by atoms with Crippen LogP contribution in [0, 0.1) is 0 Å². The van der Waals surface area contributed by atoms with Gasteiger partial charge < -0.3 is 4.74 Å². The molecule has 0 radical (unpaired) electrons. The van der Waals surface area contributed by atoms with Crippen molar-refractivity contribution in [3.63, 3.8) is 0 Å². The Hall–Kier alpha value is -1.14. The molecule has 0 saturated carbocycles. The minimum atomic E-state index is -0.527. The molecule has 0 atom stereocenters. The lowest BCUT2D eigenvalue weighted by atomic mass is 10.1. The van der Waals surface area contributed by atoms with Gasteiger partial charge in [0.25, 0.3) is 0 Å². The van der Waals surface area contributed by atoms with Crippen molar-refractivity contribution < 1.29 is 9.53 Å². The molecule has 0 fully saturated rings. The van der Waals surface area contributed by atoms with E-state index < -0.39 is 11.7 Å². The Bertz CT molecular complexity index is 666. The van der Waals surface area contributed by atoms with Crippen LogP contribution in [0.15, 0.2) is 33.5 Å². The van der Waals surface area contributed by atoms with E-state index in [1.54, 1.807) is 6.20 Å². The highest BCUT2D eigenvalue weighted by molar-refractivity contribution is 9.10. The Kier molecular flexibility index (Phi) is 4.34. The van der Waals surface area contributed by atoms with Crippen LogP contribution in [0.3, 0.4) is 0 Å². The zero-order valence-electron chi connectivity index (χ0n) is 11.3. The van der Waals surface area contributed by atoms with Crippen LogP contribution in [0.2, 0.25) is 0 Å². The first-order chi connectivity index (χ1) is 9.24. The lowest BCUT2D eigenvalue weighted by Crippen LogP contribution is -2.27. The Morgan fingerprint density at radius 1 is 1.20 bits per heavy atom. The first kappa shape index (κ1) is 15.3. The predicted octanol–water partition coefficient (Wildman–Crippen LogP) is 5.11. The number of pyridine rings is 1. The molecular formula is C14H14Br2N2O2. The molecule has 6 heteroatoms. The molecule has 0 bridgehead atoms. The summed E-state index contributed by atoms with van der Waals surface area (Å²) in [6.45, 7) is 5.47.